The van der Waals surface area contributed by atoms with Gasteiger partial charge in [0, 0.05) is 5.02 Å². The number of ether oxygens (including phenoxy) is 1. The van der Waals surface area contributed by atoms with Crippen molar-refractivity contribution in [3.8, 4) is 0 Å². The van der Waals surface area contributed by atoms with Gasteiger partial charge in [0.1, 0.15) is 0 Å². The first-order valence-corrected chi connectivity index (χ1v) is 6.84. The third-order valence-corrected chi connectivity index (χ3v) is 2.96. The van der Waals surface area contributed by atoms with E-state index in [1.165, 1.54) is 0 Å². The predicted molar refractivity (Wildman–Crippen MR) is 79.3 cm³/mol. The van der Waals surface area contributed by atoms with E-state index in [0.717, 1.165) is 23.4 Å². The van der Waals surface area contributed by atoms with E-state index in [0.29, 0.717) is 6.61 Å². The van der Waals surface area contributed by atoms with E-state index >= 15 is 0 Å². The van der Waals surface area contributed by atoms with Crippen molar-refractivity contribution in [1.29, 1.82) is 0 Å². The summed E-state index contributed by atoms with van der Waals surface area (Å²) in [5.74, 6) is -0.160. The molecule has 0 aliphatic rings. The van der Waals surface area contributed by atoms with Crippen LogP contribution in [0.15, 0.2) is 36.4 Å². The Morgan fingerprint density at radius 2 is 1.95 bits per heavy atom. The molecule has 0 N–H and O–H groups in total. The molecule has 19 heavy (non-hydrogen) atoms. The molecule has 0 saturated carbocycles. The normalized spacial score (nSPS) is 11.8. The van der Waals surface area contributed by atoms with Gasteiger partial charge in [0.25, 0.3) is 0 Å². The molecule has 0 fully saturated rings. The van der Waals surface area contributed by atoms with Crippen LogP contribution < -0.4 is 0 Å². The van der Waals surface area contributed by atoms with Gasteiger partial charge < -0.3 is 4.74 Å². The highest BCUT2D eigenvalue weighted by Gasteiger charge is 2.22. The first-order valence-electron chi connectivity index (χ1n) is 6.47. The fourth-order valence-corrected chi connectivity index (χ4v) is 1.64. The molecule has 0 atom stereocenters. The van der Waals surface area contributed by atoms with Gasteiger partial charge in [-0.2, -0.15) is 0 Å². The maximum Gasteiger partial charge on any atom is 0.311 e. The summed E-state index contributed by atoms with van der Waals surface area (Å²) in [6, 6.07) is 7.78. The summed E-state index contributed by atoms with van der Waals surface area (Å²) in [6.45, 7) is 5.98. The minimum Gasteiger partial charge on any atom is -0.465 e. The highest BCUT2D eigenvalue weighted by atomic mass is 35.5. The molecule has 0 aromatic heterocycles. The van der Waals surface area contributed by atoms with E-state index in [4.69, 9.17) is 16.3 Å². The zero-order valence-electron chi connectivity index (χ0n) is 11.8. The van der Waals surface area contributed by atoms with E-state index in [1.807, 2.05) is 57.2 Å². The zero-order valence-corrected chi connectivity index (χ0v) is 12.5. The molecule has 0 heterocycles. The lowest BCUT2D eigenvalue weighted by Gasteiger charge is -2.15. The van der Waals surface area contributed by atoms with E-state index < -0.39 is 5.41 Å². The summed E-state index contributed by atoms with van der Waals surface area (Å²) < 4.78 is 5.17. The van der Waals surface area contributed by atoms with Crippen molar-refractivity contribution in [2.75, 3.05) is 6.61 Å². The smallest absolute Gasteiger partial charge is 0.311 e. The molecule has 0 unspecified atom stereocenters. The van der Waals surface area contributed by atoms with Gasteiger partial charge in [-0.05, 0) is 45.2 Å². The number of benzene rings is 1. The molecular formula is C16H21ClO2. The van der Waals surface area contributed by atoms with Gasteiger partial charge in [-0.25, -0.2) is 0 Å². The first-order chi connectivity index (χ1) is 8.91. The molecule has 0 spiro atoms. The molecule has 0 bridgehead atoms. The number of rotatable bonds is 5. The molecule has 0 radical (unpaired) electrons. The SMILES string of the molecule is CC(C)(C)C(=O)OCC/C=C/Cc1ccccc1Cl. The second kappa shape index (κ2) is 7.34. The Kier molecular flexibility index (Phi) is 6.10. The lowest BCUT2D eigenvalue weighted by molar-refractivity contribution is -0.152. The highest BCUT2D eigenvalue weighted by molar-refractivity contribution is 6.31. The Hall–Kier alpha value is -1.28. The van der Waals surface area contributed by atoms with Crippen LogP contribution in [0.1, 0.15) is 32.8 Å². The van der Waals surface area contributed by atoms with E-state index in [9.17, 15) is 4.79 Å². The maximum atomic E-state index is 11.5. The molecule has 0 aliphatic carbocycles. The number of allylic oxidation sites excluding steroid dienone is 1. The minimum atomic E-state index is -0.429. The summed E-state index contributed by atoms with van der Waals surface area (Å²) in [7, 11) is 0. The van der Waals surface area contributed by atoms with Gasteiger partial charge in [-0.15, -0.1) is 0 Å². The van der Waals surface area contributed by atoms with E-state index in [1.54, 1.807) is 0 Å². The summed E-state index contributed by atoms with van der Waals surface area (Å²) >= 11 is 6.05. The van der Waals surface area contributed by atoms with Crippen molar-refractivity contribution in [3.05, 3.63) is 47.0 Å². The average Bonchev–Trinajstić information content (AvgIpc) is 2.34. The molecule has 3 heteroatoms. The lowest BCUT2D eigenvalue weighted by Crippen LogP contribution is -2.23. The Balaban J connectivity index is 2.25. The van der Waals surface area contributed by atoms with E-state index in [2.05, 4.69) is 0 Å². The van der Waals surface area contributed by atoms with Crippen LogP contribution in [0.25, 0.3) is 0 Å². The van der Waals surface area contributed by atoms with Crippen molar-refractivity contribution >= 4 is 17.6 Å². The average molecular weight is 281 g/mol. The Morgan fingerprint density at radius 3 is 2.58 bits per heavy atom. The topological polar surface area (TPSA) is 26.3 Å². The van der Waals surface area contributed by atoms with Crippen molar-refractivity contribution in [1.82, 2.24) is 0 Å². The Morgan fingerprint density at radius 1 is 1.26 bits per heavy atom. The first kappa shape index (κ1) is 15.8. The standard InChI is InChI=1S/C16H21ClO2/c1-16(2,3)15(18)19-12-8-4-5-9-13-10-6-7-11-14(13)17/h4-7,10-11H,8-9,12H2,1-3H3/b5-4+. The fourth-order valence-electron chi connectivity index (χ4n) is 1.43. The van der Waals surface area contributed by atoms with Crippen LogP contribution in [0.5, 0.6) is 0 Å². The van der Waals surface area contributed by atoms with Crippen LogP contribution in [0.3, 0.4) is 0 Å². The third kappa shape index (κ3) is 5.93. The van der Waals surface area contributed by atoms with Gasteiger partial charge in [-0.1, -0.05) is 42.0 Å². The number of halogens is 1. The van der Waals surface area contributed by atoms with Gasteiger partial charge in [0.15, 0.2) is 0 Å². The van der Waals surface area contributed by atoms with Crippen LogP contribution in [0.4, 0.5) is 0 Å². The maximum absolute atomic E-state index is 11.5. The molecule has 1 aromatic carbocycles. The van der Waals surface area contributed by atoms with Crippen molar-refractivity contribution < 1.29 is 9.53 Å². The van der Waals surface area contributed by atoms with Crippen LogP contribution in [0, 0.1) is 5.41 Å². The van der Waals surface area contributed by atoms with Crippen LogP contribution in [-0.4, -0.2) is 12.6 Å². The van der Waals surface area contributed by atoms with Crippen LogP contribution >= 0.6 is 11.6 Å². The molecule has 1 aromatic rings. The van der Waals surface area contributed by atoms with E-state index in [-0.39, 0.29) is 5.97 Å². The summed E-state index contributed by atoms with van der Waals surface area (Å²) in [5, 5.41) is 0.784. The van der Waals surface area contributed by atoms with Crippen molar-refractivity contribution in [2.45, 2.75) is 33.6 Å². The second-order valence-electron chi connectivity index (χ2n) is 5.44. The molecule has 104 valence electrons. The molecular weight excluding hydrogens is 260 g/mol. The summed E-state index contributed by atoms with van der Waals surface area (Å²) in [4.78, 5) is 11.5. The number of carbonyl (C=O) groups is 1. The number of carbonyl (C=O) groups excluding carboxylic acids is 1. The third-order valence-electron chi connectivity index (χ3n) is 2.59. The number of hydrogen-bond acceptors (Lipinski definition) is 2. The van der Waals surface area contributed by atoms with Crippen LogP contribution in [-0.2, 0) is 16.0 Å². The predicted octanol–water partition coefficient (Wildman–Crippen LogP) is 4.42. The lowest BCUT2D eigenvalue weighted by atomic mass is 9.97. The summed E-state index contributed by atoms with van der Waals surface area (Å²) in [5.41, 5.74) is 0.675. The largest absolute Gasteiger partial charge is 0.465 e. The van der Waals surface area contributed by atoms with Gasteiger partial charge >= 0.3 is 5.97 Å². The van der Waals surface area contributed by atoms with Gasteiger partial charge in [0.2, 0.25) is 0 Å². The van der Waals surface area contributed by atoms with Crippen molar-refractivity contribution in [3.63, 3.8) is 0 Å². The molecule has 0 aliphatic heterocycles. The van der Waals surface area contributed by atoms with Gasteiger partial charge in [0.05, 0.1) is 12.0 Å². The van der Waals surface area contributed by atoms with Gasteiger partial charge in [-0.3, -0.25) is 4.79 Å². The summed E-state index contributed by atoms with van der Waals surface area (Å²) in [6.07, 6.45) is 5.59. The van der Waals surface area contributed by atoms with Crippen LogP contribution in [0.2, 0.25) is 5.02 Å². The molecule has 1 rings (SSSR count). The molecule has 2 nitrogen and oxygen atoms in total. The highest BCUT2D eigenvalue weighted by Crippen LogP contribution is 2.16. The Bertz CT molecular complexity index is 444. The number of hydrogen-bond donors (Lipinski definition) is 0. The monoisotopic (exact) mass is 280 g/mol. The number of esters is 1. The minimum absolute atomic E-state index is 0.160. The Labute approximate surface area is 120 Å². The molecule has 0 saturated heterocycles. The molecule has 0 amide bonds. The zero-order chi connectivity index (χ0) is 14.3. The van der Waals surface area contributed by atoms with Crippen molar-refractivity contribution in [2.24, 2.45) is 5.41 Å². The quantitative estimate of drug-likeness (QED) is 0.453. The fraction of sp³-hybridized carbons (Fsp3) is 0.438. The second-order valence-corrected chi connectivity index (χ2v) is 5.85.